The van der Waals surface area contributed by atoms with Gasteiger partial charge in [-0.15, -0.1) is 0 Å². The molecule has 6 heteroatoms. The van der Waals surface area contributed by atoms with Crippen LogP contribution in [0.4, 0.5) is 0 Å². The van der Waals surface area contributed by atoms with E-state index in [0.717, 1.165) is 5.56 Å². The maximum Gasteiger partial charge on any atom is 0.199 e. The summed E-state index contributed by atoms with van der Waals surface area (Å²) in [4.78, 5) is 18.4. The van der Waals surface area contributed by atoms with E-state index < -0.39 is 0 Å². The highest BCUT2D eigenvalue weighted by Gasteiger charge is 2.14. The second-order valence-corrected chi connectivity index (χ2v) is 6.86. The van der Waals surface area contributed by atoms with E-state index in [1.165, 1.54) is 0 Å². The van der Waals surface area contributed by atoms with Crippen molar-refractivity contribution in [3.8, 4) is 11.8 Å². The lowest BCUT2D eigenvalue weighted by Gasteiger charge is -2.20. The minimum atomic E-state index is -0.228. The highest BCUT2D eigenvalue weighted by Crippen LogP contribution is 2.14. The Hall–Kier alpha value is -2.65. The van der Waals surface area contributed by atoms with Gasteiger partial charge in [-0.05, 0) is 35.9 Å². The van der Waals surface area contributed by atoms with Gasteiger partial charge in [-0.2, -0.15) is 0 Å². The third kappa shape index (κ3) is 4.37. The highest BCUT2D eigenvalue weighted by atomic mass is 35.5. The Balaban J connectivity index is 1.92. The number of aliphatic hydroxyl groups excluding tert-OH is 1. The van der Waals surface area contributed by atoms with Gasteiger partial charge in [-0.1, -0.05) is 47.8 Å². The third-order valence-electron chi connectivity index (χ3n) is 4.10. The molecule has 2 N–H and O–H groups in total. The zero-order chi connectivity index (χ0) is 19.4. The van der Waals surface area contributed by atoms with Crippen LogP contribution >= 0.6 is 23.8 Å². The summed E-state index contributed by atoms with van der Waals surface area (Å²) in [7, 11) is 1.85. The molecule has 27 heavy (non-hydrogen) atoms. The molecule has 0 aliphatic rings. The molecule has 0 saturated heterocycles. The summed E-state index contributed by atoms with van der Waals surface area (Å²) in [5.74, 6) is 5.40. The summed E-state index contributed by atoms with van der Waals surface area (Å²) >= 11 is 11.5. The Morgan fingerprint density at radius 3 is 2.70 bits per heavy atom. The van der Waals surface area contributed by atoms with Crippen molar-refractivity contribution in [3.63, 3.8) is 0 Å². The Kier molecular flexibility index (Phi) is 5.92. The summed E-state index contributed by atoms with van der Waals surface area (Å²) in [6.07, 6.45) is 1.64. The summed E-state index contributed by atoms with van der Waals surface area (Å²) in [5, 5.41) is 10.0. The SMILES string of the molecule is CN(Cc1ccc(Cl)cc1)C(=S)c1c[nH]c2ccc(C#CCO)cc2c1=O. The Morgan fingerprint density at radius 2 is 2.00 bits per heavy atom. The number of rotatable bonds is 3. The number of nitrogens with one attached hydrogen (secondary N) is 1. The van der Waals surface area contributed by atoms with E-state index >= 15 is 0 Å². The average molecular weight is 397 g/mol. The van der Waals surface area contributed by atoms with E-state index in [-0.39, 0.29) is 12.0 Å². The predicted octanol–water partition coefficient (Wildman–Crippen LogP) is 3.33. The van der Waals surface area contributed by atoms with Crippen molar-refractivity contribution in [2.45, 2.75) is 6.54 Å². The molecular formula is C21H17ClN2O2S. The third-order valence-corrected chi connectivity index (χ3v) is 4.89. The van der Waals surface area contributed by atoms with Crippen LogP contribution in [0, 0.1) is 11.8 Å². The Morgan fingerprint density at radius 1 is 1.26 bits per heavy atom. The lowest BCUT2D eigenvalue weighted by molar-refractivity contribution is 0.350. The van der Waals surface area contributed by atoms with Crippen LogP contribution in [0.1, 0.15) is 16.7 Å². The molecule has 2 aromatic carbocycles. The zero-order valence-corrected chi connectivity index (χ0v) is 16.2. The first-order valence-electron chi connectivity index (χ1n) is 8.24. The van der Waals surface area contributed by atoms with E-state index in [0.29, 0.717) is 38.6 Å². The summed E-state index contributed by atoms with van der Waals surface area (Å²) in [5.41, 5.74) is 2.70. The number of H-pyrrole nitrogens is 1. The number of fused-ring (bicyclic) bond motifs is 1. The number of aromatic nitrogens is 1. The van der Waals surface area contributed by atoms with Gasteiger partial charge in [0.1, 0.15) is 11.6 Å². The van der Waals surface area contributed by atoms with Crippen molar-refractivity contribution in [3.05, 3.63) is 80.6 Å². The fourth-order valence-corrected chi connectivity index (χ4v) is 3.08. The number of thiocarbonyl (C=S) groups is 1. The predicted molar refractivity (Wildman–Crippen MR) is 113 cm³/mol. The van der Waals surface area contributed by atoms with Gasteiger partial charge >= 0.3 is 0 Å². The van der Waals surface area contributed by atoms with Gasteiger partial charge in [0.25, 0.3) is 0 Å². The van der Waals surface area contributed by atoms with Crippen molar-refractivity contribution in [1.82, 2.24) is 9.88 Å². The van der Waals surface area contributed by atoms with Gasteiger partial charge in [0.2, 0.25) is 0 Å². The zero-order valence-electron chi connectivity index (χ0n) is 14.6. The molecule has 0 saturated carbocycles. The fourth-order valence-electron chi connectivity index (χ4n) is 2.74. The van der Waals surface area contributed by atoms with Crippen LogP contribution in [0.3, 0.4) is 0 Å². The number of hydrogen-bond donors (Lipinski definition) is 2. The number of aromatic amines is 1. The van der Waals surface area contributed by atoms with Crippen molar-refractivity contribution in [2.24, 2.45) is 0 Å². The van der Waals surface area contributed by atoms with E-state index in [1.807, 2.05) is 36.2 Å². The van der Waals surface area contributed by atoms with Crippen LogP contribution in [0.5, 0.6) is 0 Å². The van der Waals surface area contributed by atoms with Gasteiger partial charge in [0, 0.05) is 41.3 Å². The van der Waals surface area contributed by atoms with Gasteiger partial charge in [0.05, 0.1) is 5.56 Å². The molecule has 0 amide bonds. The average Bonchev–Trinajstić information content (AvgIpc) is 2.68. The van der Waals surface area contributed by atoms with E-state index in [2.05, 4.69) is 16.8 Å². The molecule has 3 aromatic rings. The second kappa shape index (κ2) is 8.36. The monoisotopic (exact) mass is 396 g/mol. The minimum Gasteiger partial charge on any atom is -0.384 e. The highest BCUT2D eigenvalue weighted by molar-refractivity contribution is 7.80. The summed E-state index contributed by atoms with van der Waals surface area (Å²) < 4.78 is 0. The van der Waals surface area contributed by atoms with E-state index in [4.69, 9.17) is 28.9 Å². The van der Waals surface area contributed by atoms with Gasteiger partial charge < -0.3 is 15.0 Å². The number of pyridine rings is 1. The van der Waals surface area contributed by atoms with Gasteiger partial charge in [-0.25, -0.2) is 0 Å². The molecular weight excluding hydrogens is 380 g/mol. The first-order chi connectivity index (χ1) is 13.0. The molecule has 4 nitrogen and oxygen atoms in total. The molecule has 0 fully saturated rings. The maximum atomic E-state index is 12.9. The molecule has 136 valence electrons. The van der Waals surface area contributed by atoms with E-state index in [9.17, 15) is 4.79 Å². The van der Waals surface area contributed by atoms with Crippen LogP contribution in [0.15, 0.2) is 53.5 Å². The van der Waals surface area contributed by atoms with Crippen LogP contribution in [-0.4, -0.2) is 33.6 Å². The largest absolute Gasteiger partial charge is 0.384 e. The molecule has 0 aliphatic carbocycles. The van der Waals surface area contributed by atoms with Crippen LogP contribution < -0.4 is 5.43 Å². The molecule has 0 aliphatic heterocycles. The van der Waals surface area contributed by atoms with Crippen molar-refractivity contribution in [1.29, 1.82) is 0 Å². The first kappa shape index (κ1) is 19.1. The Bertz CT molecular complexity index is 1110. The number of nitrogens with zero attached hydrogens (tertiary/aromatic N) is 1. The Labute approximate surface area is 167 Å². The van der Waals surface area contributed by atoms with Crippen LogP contribution in [-0.2, 0) is 6.54 Å². The van der Waals surface area contributed by atoms with Crippen molar-refractivity contribution >= 4 is 39.7 Å². The lowest BCUT2D eigenvalue weighted by atomic mass is 10.1. The molecule has 1 aromatic heterocycles. The molecule has 1 heterocycles. The van der Waals surface area contributed by atoms with Crippen LogP contribution in [0.2, 0.25) is 5.02 Å². The topological polar surface area (TPSA) is 56.3 Å². The summed E-state index contributed by atoms with van der Waals surface area (Å²) in [6, 6.07) is 12.8. The van der Waals surface area contributed by atoms with E-state index in [1.54, 1.807) is 24.4 Å². The van der Waals surface area contributed by atoms with Crippen LogP contribution in [0.25, 0.3) is 10.9 Å². The quantitative estimate of drug-likeness (QED) is 0.526. The normalized spacial score (nSPS) is 10.3. The second-order valence-electron chi connectivity index (χ2n) is 6.04. The number of halogens is 1. The molecule has 0 unspecified atom stereocenters. The smallest absolute Gasteiger partial charge is 0.199 e. The fraction of sp³-hybridized carbons (Fsp3) is 0.143. The standard InChI is InChI=1S/C21H17ClN2O2S/c1-24(13-15-4-7-16(22)8-5-15)21(27)18-12-23-19-9-6-14(3-2-10-25)11-17(19)20(18)26/h4-9,11-12,25H,10,13H2,1H3,(H,23,26). The summed E-state index contributed by atoms with van der Waals surface area (Å²) in [6.45, 7) is 0.337. The van der Waals surface area contributed by atoms with Gasteiger partial charge in [-0.3, -0.25) is 4.79 Å². The number of hydrogen-bond acceptors (Lipinski definition) is 3. The molecule has 0 atom stereocenters. The number of benzene rings is 2. The molecule has 0 bridgehead atoms. The van der Waals surface area contributed by atoms with Crippen molar-refractivity contribution in [2.75, 3.05) is 13.7 Å². The number of aliphatic hydroxyl groups is 1. The minimum absolute atomic E-state index is 0.149. The first-order valence-corrected chi connectivity index (χ1v) is 9.03. The molecule has 3 rings (SSSR count). The van der Waals surface area contributed by atoms with Crippen molar-refractivity contribution < 1.29 is 5.11 Å². The maximum absolute atomic E-state index is 12.9. The van der Waals surface area contributed by atoms with Gasteiger partial charge in [0.15, 0.2) is 5.43 Å². The molecule has 0 spiro atoms. The molecule has 0 radical (unpaired) electrons. The lowest BCUT2D eigenvalue weighted by Crippen LogP contribution is -2.30.